The summed E-state index contributed by atoms with van der Waals surface area (Å²) in [6, 6.07) is 7.93. The molecule has 0 aliphatic heterocycles. The standard InChI is InChI=1S/C17H24N2O2/c1-3-12(4-2)16(20)11-19-17(21)9-13-10-18-15-8-6-5-7-14(13)15/h5-8,10,12,16,18,20H,3-4,9,11H2,1-2H3,(H,19,21). The number of hydrogen-bond donors (Lipinski definition) is 3. The van der Waals surface area contributed by atoms with Crippen LogP contribution in [0.3, 0.4) is 0 Å². The Morgan fingerprint density at radius 2 is 2.00 bits per heavy atom. The lowest BCUT2D eigenvalue weighted by Gasteiger charge is -2.20. The van der Waals surface area contributed by atoms with Crippen molar-refractivity contribution in [2.24, 2.45) is 5.92 Å². The lowest BCUT2D eigenvalue weighted by Crippen LogP contribution is -2.36. The summed E-state index contributed by atoms with van der Waals surface area (Å²) in [6.45, 7) is 4.45. The largest absolute Gasteiger partial charge is 0.391 e. The van der Waals surface area contributed by atoms with Gasteiger partial charge in [-0.15, -0.1) is 0 Å². The number of aliphatic hydroxyl groups excluding tert-OH is 1. The van der Waals surface area contributed by atoms with Crippen LogP contribution in [0.2, 0.25) is 0 Å². The van der Waals surface area contributed by atoms with Gasteiger partial charge in [0.25, 0.3) is 0 Å². The highest BCUT2D eigenvalue weighted by atomic mass is 16.3. The minimum absolute atomic E-state index is 0.0511. The number of benzene rings is 1. The molecule has 0 aliphatic carbocycles. The van der Waals surface area contributed by atoms with Crippen molar-refractivity contribution < 1.29 is 9.90 Å². The van der Waals surface area contributed by atoms with Crippen molar-refractivity contribution in [2.75, 3.05) is 6.54 Å². The molecular weight excluding hydrogens is 264 g/mol. The maximum atomic E-state index is 12.0. The molecule has 21 heavy (non-hydrogen) atoms. The first-order valence-corrected chi connectivity index (χ1v) is 7.65. The van der Waals surface area contributed by atoms with Crippen molar-refractivity contribution in [3.8, 4) is 0 Å². The fraction of sp³-hybridized carbons (Fsp3) is 0.471. The Bertz CT molecular complexity index is 587. The highest BCUT2D eigenvalue weighted by Gasteiger charge is 2.16. The highest BCUT2D eigenvalue weighted by molar-refractivity contribution is 5.88. The average Bonchev–Trinajstić information content (AvgIpc) is 2.90. The number of aromatic amines is 1. The summed E-state index contributed by atoms with van der Waals surface area (Å²) in [6.07, 6.45) is 3.60. The third-order valence-corrected chi connectivity index (χ3v) is 4.13. The lowest BCUT2D eigenvalue weighted by atomic mass is 9.96. The number of hydrogen-bond acceptors (Lipinski definition) is 2. The Balaban J connectivity index is 1.90. The summed E-state index contributed by atoms with van der Waals surface area (Å²) in [5, 5.41) is 13.9. The molecule has 2 aromatic rings. The quantitative estimate of drug-likeness (QED) is 0.733. The average molecular weight is 288 g/mol. The Kier molecular flexibility index (Phi) is 5.39. The van der Waals surface area contributed by atoms with E-state index < -0.39 is 6.10 Å². The van der Waals surface area contributed by atoms with E-state index in [0.717, 1.165) is 29.3 Å². The molecule has 0 fully saturated rings. The second-order valence-electron chi connectivity index (χ2n) is 5.48. The summed E-state index contributed by atoms with van der Waals surface area (Å²) in [7, 11) is 0. The van der Waals surface area contributed by atoms with E-state index in [1.165, 1.54) is 0 Å². The van der Waals surface area contributed by atoms with Gasteiger partial charge >= 0.3 is 0 Å². The van der Waals surface area contributed by atoms with Gasteiger partial charge in [0, 0.05) is 23.6 Å². The molecule has 1 atom stereocenters. The second-order valence-corrected chi connectivity index (χ2v) is 5.48. The van der Waals surface area contributed by atoms with Gasteiger partial charge in [0.15, 0.2) is 0 Å². The monoisotopic (exact) mass is 288 g/mol. The van der Waals surface area contributed by atoms with Gasteiger partial charge in [-0.25, -0.2) is 0 Å². The molecule has 1 aromatic heterocycles. The summed E-state index contributed by atoms with van der Waals surface area (Å²) < 4.78 is 0. The summed E-state index contributed by atoms with van der Waals surface area (Å²) >= 11 is 0. The number of nitrogens with one attached hydrogen (secondary N) is 2. The van der Waals surface area contributed by atoms with Crippen LogP contribution in [0.25, 0.3) is 10.9 Å². The molecule has 4 heteroatoms. The third-order valence-electron chi connectivity index (χ3n) is 4.13. The van der Waals surface area contributed by atoms with Crippen molar-refractivity contribution in [3.05, 3.63) is 36.0 Å². The number of aromatic nitrogens is 1. The Hall–Kier alpha value is -1.81. The van der Waals surface area contributed by atoms with Gasteiger partial charge in [-0.3, -0.25) is 4.79 Å². The van der Waals surface area contributed by atoms with Gasteiger partial charge < -0.3 is 15.4 Å². The Morgan fingerprint density at radius 1 is 1.29 bits per heavy atom. The number of aliphatic hydroxyl groups is 1. The lowest BCUT2D eigenvalue weighted by molar-refractivity contribution is -0.121. The molecular formula is C17H24N2O2. The van der Waals surface area contributed by atoms with Crippen LogP contribution in [0.1, 0.15) is 32.3 Å². The zero-order chi connectivity index (χ0) is 15.2. The zero-order valence-electron chi connectivity index (χ0n) is 12.7. The predicted octanol–water partition coefficient (Wildman–Crippen LogP) is 2.62. The van der Waals surface area contributed by atoms with E-state index in [9.17, 15) is 9.90 Å². The van der Waals surface area contributed by atoms with Crippen molar-refractivity contribution in [2.45, 2.75) is 39.2 Å². The molecule has 0 aliphatic rings. The summed E-state index contributed by atoms with van der Waals surface area (Å²) in [4.78, 5) is 15.2. The second kappa shape index (κ2) is 7.27. The number of H-pyrrole nitrogens is 1. The van der Waals surface area contributed by atoms with Gasteiger partial charge in [0.05, 0.1) is 12.5 Å². The number of carbonyl (C=O) groups excluding carboxylic acids is 1. The van der Waals surface area contributed by atoms with Crippen LogP contribution in [-0.4, -0.2) is 28.6 Å². The van der Waals surface area contributed by atoms with Crippen LogP contribution in [-0.2, 0) is 11.2 Å². The fourth-order valence-electron chi connectivity index (χ4n) is 2.73. The van der Waals surface area contributed by atoms with E-state index in [0.29, 0.717) is 13.0 Å². The van der Waals surface area contributed by atoms with Crippen LogP contribution >= 0.6 is 0 Å². The molecule has 1 unspecified atom stereocenters. The molecule has 1 aromatic carbocycles. The molecule has 1 amide bonds. The number of amides is 1. The number of para-hydroxylation sites is 1. The first kappa shape index (κ1) is 15.6. The van der Waals surface area contributed by atoms with Gasteiger partial charge in [-0.1, -0.05) is 44.9 Å². The smallest absolute Gasteiger partial charge is 0.224 e. The van der Waals surface area contributed by atoms with Crippen molar-refractivity contribution >= 4 is 16.8 Å². The number of carbonyl (C=O) groups is 1. The zero-order valence-corrected chi connectivity index (χ0v) is 12.7. The van der Waals surface area contributed by atoms with Crippen LogP contribution < -0.4 is 5.32 Å². The number of rotatable bonds is 7. The number of fused-ring (bicyclic) bond motifs is 1. The first-order chi connectivity index (χ1) is 10.2. The molecule has 4 nitrogen and oxygen atoms in total. The summed E-state index contributed by atoms with van der Waals surface area (Å²) in [5.74, 6) is 0.197. The van der Waals surface area contributed by atoms with Crippen LogP contribution in [0.15, 0.2) is 30.5 Å². The van der Waals surface area contributed by atoms with Crippen molar-refractivity contribution in [1.29, 1.82) is 0 Å². The van der Waals surface area contributed by atoms with Crippen molar-refractivity contribution in [3.63, 3.8) is 0 Å². The molecule has 1 heterocycles. The van der Waals surface area contributed by atoms with Crippen molar-refractivity contribution in [1.82, 2.24) is 10.3 Å². The molecule has 114 valence electrons. The summed E-state index contributed by atoms with van der Waals surface area (Å²) in [5.41, 5.74) is 2.03. The molecule has 3 N–H and O–H groups in total. The first-order valence-electron chi connectivity index (χ1n) is 7.65. The fourth-order valence-corrected chi connectivity index (χ4v) is 2.73. The van der Waals surface area contributed by atoms with E-state index >= 15 is 0 Å². The minimum atomic E-state index is -0.466. The normalized spacial score (nSPS) is 12.8. The maximum absolute atomic E-state index is 12.0. The Labute approximate surface area is 125 Å². The Morgan fingerprint density at radius 3 is 2.71 bits per heavy atom. The molecule has 0 radical (unpaired) electrons. The minimum Gasteiger partial charge on any atom is -0.391 e. The van der Waals surface area contributed by atoms with E-state index in [1.54, 1.807) is 0 Å². The third kappa shape index (κ3) is 3.85. The van der Waals surface area contributed by atoms with Gasteiger partial charge in [0.2, 0.25) is 5.91 Å². The van der Waals surface area contributed by atoms with E-state index in [4.69, 9.17) is 0 Å². The highest BCUT2D eigenvalue weighted by Crippen LogP contribution is 2.18. The van der Waals surface area contributed by atoms with Crippen LogP contribution in [0.5, 0.6) is 0 Å². The molecule has 0 spiro atoms. The van der Waals surface area contributed by atoms with Gasteiger partial charge in [0.1, 0.15) is 0 Å². The molecule has 0 bridgehead atoms. The SMILES string of the molecule is CCC(CC)C(O)CNC(=O)Cc1c[nH]c2ccccc12. The molecule has 0 saturated heterocycles. The van der Waals surface area contributed by atoms with Gasteiger partial charge in [-0.2, -0.15) is 0 Å². The van der Waals surface area contributed by atoms with Crippen LogP contribution in [0, 0.1) is 5.92 Å². The topological polar surface area (TPSA) is 65.1 Å². The van der Waals surface area contributed by atoms with E-state index in [1.807, 2.05) is 30.5 Å². The van der Waals surface area contributed by atoms with Crippen LogP contribution in [0.4, 0.5) is 0 Å². The maximum Gasteiger partial charge on any atom is 0.224 e. The van der Waals surface area contributed by atoms with Gasteiger partial charge in [-0.05, 0) is 17.5 Å². The predicted molar refractivity (Wildman–Crippen MR) is 85.1 cm³/mol. The molecule has 0 saturated carbocycles. The molecule has 2 rings (SSSR count). The van der Waals surface area contributed by atoms with E-state index in [-0.39, 0.29) is 11.8 Å². The van der Waals surface area contributed by atoms with E-state index in [2.05, 4.69) is 24.1 Å².